The van der Waals surface area contributed by atoms with Crippen molar-refractivity contribution in [3.05, 3.63) is 148 Å². The predicted octanol–water partition coefficient (Wildman–Crippen LogP) is 8.94. The number of carbonyl (C=O) groups excluding carboxylic acids is 3. The van der Waals surface area contributed by atoms with Gasteiger partial charge in [0.1, 0.15) is 5.70 Å². The van der Waals surface area contributed by atoms with Gasteiger partial charge in [-0.25, -0.2) is 0 Å². The molecule has 0 saturated heterocycles. The molecule has 0 saturated carbocycles. The lowest BCUT2D eigenvalue weighted by Crippen LogP contribution is -2.30. The summed E-state index contributed by atoms with van der Waals surface area (Å²) in [6, 6.07) is 36.4. The highest BCUT2D eigenvalue weighted by Gasteiger charge is 2.18. The molecule has 0 spiro atoms. The average Bonchev–Trinajstić information content (AvgIpc) is 3.39. The van der Waals surface area contributed by atoms with Crippen molar-refractivity contribution in [3.8, 4) is 0 Å². The number of carbonyl (C=O) groups is 3. The summed E-state index contributed by atoms with van der Waals surface area (Å²) in [5.74, 6) is -0.864. The molecule has 0 bridgehead atoms. The standard InChI is InChI=1S/C36H25Cl2N3O3S/c37-25-18-17-24(30(38)20-25)19-31(40-35(43)23-9-2-1-3-10-23)36(44)39-26-11-8-12-27(21-26)45-22-34(42)41-32-15-6-4-13-28(32)29-14-5-7-16-33(29)41/h1-21H,22H2,(H,39,44)(H,40,43)/b31-19+. The molecule has 9 heteroatoms. The van der Waals surface area contributed by atoms with Crippen LogP contribution in [0.25, 0.3) is 27.9 Å². The monoisotopic (exact) mass is 649 g/mol. The van der Waals surface area contributed by atoms with Crippen LogP contribution in [0.3, 0.4) is 0 Å². The Morgan fingerprint density at radius 2 is 1.40 bits per heavy atom. The lowest BCUT2D eigenvalue weighted by molar-refractivity contribution is -0.113. The number of amides is 2. The lowest BCUT2D eigenvalue weighted by atomic mass is 10.1. The van der Waals surface area contributed by atoms with E-state index in [0.29, 0.717) is 26.9 Å². The largest absolute Gasteiger partial charge is 0.321 e. The molecule has 5 aromatic carbocycles. The third kappa shape index (κ3) is 6.81. The van der Waals surface area contributed by atoms with Crippen LogP contribution in [0.5, 0.6) is 0 Å². The van der Waals surface area contributed by atoms with Crippen LogP contribution in [0.1, 0.15) is 20.7 Å². The van der Waals surface area contributed by atoms with Crippen LogP contribution in [-0.2, 0) is 4.79 Å². The first-order valence-electron chi connectivity index (χ1n) is 14.0. The van der Waals surface area contributed by atoms with Crippen LogP contribution in [0.2, 0.25) is 10.0 Å². The second-order valence-electron chi connectivity index (χ2n) is 10.1. The second kappa shape index (κ2) is 13.4. The van der Waals surface area contributed by atoms with E-state index in [4.69, 9.17) is 23.2 Å². The average molecular weight is 651 g/mol. The zero-order valence-electron chi connectivity index (χ0n) is 23.7. The Morgan fingerprint density at radius 3 is 2.09 bits per heavy atom. The highest BCUT2D eigenvalue weighted by Crippen LogP contribution is 2.30. The molecule has 2 amide bonds. The maximum absolute atomic E-state index is 13.5. The maximum Gasteiger partial charge on any atom is 0.272 e. The Labute approximate surface area is 273 Å². The third-order valence-electron chi connectivity index (χ3n) is 7.07. The molecular weight excluding hydrogens is 625 g/mol. The fourth-order valence-corrected chi connectivity index (χ4v) is 6.25. The van der Waals surface area contributed by atoms with E-state index in [1.54, 1.807) is 71.3 Å². The minimum atomic E-state index is -0.547. The second-order valence-corrected chi connectivity index (χ2v) is 12.0. The number of para-hydroxylation sites is 2. The van der Waals surface area contributed by atoms with Gasteiger partial charge in [-0.2, -0.15) is 0 Å². The predicted molar refractivity (Wildman–Crippen MR) is 184 cm³/mol. The molecule has 1 aromatic heterocycles. The van der Waals surface area contributed by atoms with Crippen LogP contribution in [0.4, 0.5) is 5.69 Å². The quantitative estimate of drug-likeness (QED) is 0.127. The number of hydrogen-bond donors (Lipinski definition) is 2. The van der Waals surface area contributed by atoms with Crippen molar-refractivity contribution in [2.75, 3.05) is 11.1 Å². The van der Waals surface area contributed by atoms with Gasteiger partial charge in [0.2, 0.25) is 5.91 Å². The van der Waals surface area contributed by atoms with Crippen molar-refractivity contribution < 1.29 is 14.4 Å². The molecule has 6 nitrogen and oxygen atoms in total. The van der Waals surface area contributed by atoms with Gasteiger partial charge in [0.05, 0.1) is 16.8 Å². The van der Waals surface area contributed by atoms with Gasteiger partial charge in [0.25, 0.3) is 11.8 Å². The van der Waals surface area contributed by atoms with Gasteiger partial charge in [-0.1, -0.05) is 89.9 Å². The minimum Gasteiger partial charge on any atom is -0.321 e. The van der Waals surface area contributed by atoms with E-state index in [-0.39, 0.29) is 17.4 Å². The molecule has 0 radical (unpaired) electrons. The van der Waals surface area contributed by atoms with Crippen LogP contribution in [-0.4, -0.2) is 28.0 Å². The Kier molecular flexibility index (Phi) is 9.03. The molecule has 45 heavy (non-hydrogen) atoms. The van der Waals surface area contributed by atoms with Gasteiger partial charge in [-0.15, -0.1) is 11.8 Å². The summed E-state index contributed by atoms with van der Waals surface area (Å²) in [7, 11) is 0. The van der Waals surface area contributed by atoms with Crippen molar-refractivity contribution in [3.63, 3.8) is 0 Å². The van der Waals surface area contributed by atoms with Gasteiger partial charge in [-0.05, 0) is 66.2 Å². The summed E-state index contributed by atoms with van der Waals surface area (Å²) in [6.07, 6.45) is 1.50. The Bertz CT molecular complexity index is 2050. The van der Waals surface area contributed by atoms with Crippen LogP contribution >= 0.6 is 35.0 Å². The zero-order chi connectivity index (χ0) is 31.3. The summed E-state index contributed by atoms with van der Waals surface area (Å²) in [5.41, 5.74) is 3.12. The maximum atomic E-state index is 13.5. The Hall–Kier alpha value is -4.82. The van der Waals surface area contributed by atoms with E-state index in [9.17, 15) is 14.4 Å². The van der Waals surface area contributed by atoms with Crippen LogP contribution < -0.4 is 10.6 Å². The summed E-state index contributed by atoms with van der Waals surface area (Å²) in [6.45, 7) is 0. The summed E-state index contributed by atoms with van der Waals surface area (Å²) >= 11 is 13.8. The van der Waals surface area contributed by atoms with Crippen LogP contribution in [0.15, 0.2) is 132 Å². The van der Waals surface area contributed by atoms with Crippen molar-refractivity contribution >= 4 is 86.3 Å². The summed E-state index contributed by atoms with van der Waals surface area (Å²) < 4.78 is 1.76. The molecule has 0 unspecified atom stereocenters. The number of halogens is 2. The number of aromatic nitrogens is 1. The summed E-state index contributed by atoms with van der Waals surface area (Å²) in [4.78, 5) is 40.8. The van der Waals surface area contributed by atoms with Crippen LogP contribution in [0, 0.1) is 0 Å². The highest BCUT2D eigenvalue weighted by molar-refractivity contribution is 8.00. The molecular formula is C36H25Cl2N3O3S. The lowest BCUT2D eigenvalue weighted by Gasteiger charge is -2.13. The van der Waals surface area contributed by atoms with Crippen molar-refractivity contribution in [1.82, 2.24) is 9.88 Å². The first-order chi connectivity index (χ1) is 21.9. The van der Waals surface area contributed by atoms with E-state index in [1.807, 2.05) is 54.6 Å². The molecule has 0 aliphatic rings. The fraction of sp³-hybridized carbons (Fsp3) is 0.0278. The molecule has 0 atom stereocenters. The molecule has 0 fully saturated rings. The minimum absolute atomic E-state index is 0.00678. The van der Waals surface area contributed by atoms with Gasteiger partial charge in [0, 0.05) is 37.0 Å². The number of nitrogens with one attached hydrogen (secondary N) is 2. The Morgan fingerprint density at radius 1 is 0.733 bits per heavy atom. The number of thioether (sulfide) groups is 1. The van der Waals surface area contributed by atoms with E-state index >= 15 is 0 Å². The third-order valence-corrected chi connectivity index (χ3v) is 8.62. The number of fused-ring (bicyclic) bond motifs is 3. The number of rotatable bonds is 8. The van der Waals surface area contributed by atoms with Crippen molar-refractivity contribution in [1.29, 1.82) is 0 Å². The molecule has 0 aliphatic carbocycles. The van der Waals surface area contributed by atoms with Crippen molar-refractivity contribution in [2.24, 2.45) is 0 Å². The van der Waals surface area contributed by atoms with E-state index in [0.717, 1.165) is 26.7 Å². The summed E-state index contributed by atoms with van der Waals surface area (Å²) in [5, 5.41) is 8.40. The first kappa shape index (κ1) is 30.2. The van der Waals surface area contributed by atoms with Crippen molar-refractivity contribution in [2.45, 2.75) is 4.90 Å². The van der Waals surface area contributed by atoms with E-state index in [2.05, 4.69) is 10.6 Å². The molecule has 222 valence electrons. The number of hydrogen-bond acceptors (Lipinski definition) is 4. The number of anilines is 1. The normalized spacial score (nSPS) is 11.5. The van der Waals surface area contributed by atoms with E-state index < -0.39 is 11.8 Å². The topological polar surface area (TPSA) is 80.2 Å². The van der Waals surface area contributed by atoms with Gasteiger partial charge < -0.3 is 10.6 Å². The fourth-order valence-electron chi connectivity index (χ4n) is 4.98. The Balaban J connectivity index is 1.21. The van der Waals surface area contributed by atoms with Gasteiger partial charge in [0.15, 0.2) is 0 Å². The zero-order valence-corrected chi connectivity index (χ0v) is 26.0. The first-order valence-corrected chi connectivity index (χ1v) is 15.7. The highest BCUT2D eigenvalue weighted by atomic mass is 35.5. The molecule has 6 aromatic rings. The smallest absolute Gasteiger partial charge is 0.272 e. The SMILES string of the molecule is O=C(Nc1cccc(SCC(=O)n2c3ccccc3c3ccccc32)c1)/C(=C\c1ccc(Cl)cc1Cl)NC(=O)c1ccccc1. The van der Waals surface area contributed by atoms with Gasteiger partial charge in [-0.3, -0.25) is 19.0 Å². The number of nitrogens with zero attached hydrogens (tertiary/aromatic N) is 1. The van der Waals surface area contributed by atoms with E-state index in [1.165, 1.54) is 17.8 Å². The molecule has 6 rings (SSSR count). The number of benzene rings is 5. The van der Waals surface area contributed by atoms with Gasteiger partial charge >= 0.3 is 0 Å². The molecule has 0 aliphatic heterocycles. The molecule has 1 heterocycles. The molecule has 2 N–H and O–H groups in total.